The van der Waals surface area contributed by atoms with Gasteiger partial charge in [-0.05, 0) is 63.8 Å². The fourth-order valence-corrected chi connectivity index (χ4v) is 4.66. The number of H-pyrrole nitrogens is 1. The van der Waals surface area contributed by atoms with Crippen LogP contribution in [0.2, 0.25) is 0 Å². The van der Waals surface area contributed by atoms with Crippen LogP contribution in [-0.2, 0) is 6.42 Å². The Kier molecular flexibility index (Phi) is 11.0. The van der Waals surface area contributed by atoms with E-state index in [0.717, 1.165) is 60.2 Å². The molecule has 0 atom stereocenters. The lowest BCUT2D eigenvalue weighted by atomic mass is 10.0. The molecule has 39 heavy (non-hydrogen) atoms. The van der Waals surface area contributed by atoms with Crippen molar-refractivity contribution in [3.05, 3.63) is 100.0 Å². The van der Waals surface area contributed by atoms with Crippen LogP contribution in [0.15, 0.2) is 82.3 Å². The lowest BCUT2D eigenvalue weighted by molar-refractivity contribution is 0.614. The van der Waals surface area contributed by atoms with E-state index < -0.39 is 0 Å². The van der Waals surface area contributed by atoms with Gasteiger partial charge in [-0.25, -0.2) is 4.40 Å². The molecule has 7 nitrogen and oxygen atoms in total. The molecule has 2 heterocycles. The van der Waals surface area contributed by atoms with Gasteiger partial charge in [0.2, 0.25) is 0 Å². The summed E-state index contributed by atoms with van der Waals surface area (Å²) in [6.07, 6.45) is 9.37. The number of aromatic amines is 1. The predicted octanol–water partition coefficient (Wildman–Crippen LogP) is 7.84. The average Bonchev–Trinajstić information content (AvgIpc) is 3.27. The van der Waals surface area contributed by atoms with Gasteiger partial charge in [0.15, 0.2) is 5.82 Å². The molecular weight excluding hydrogens is 484 g/mol. The van der Waals surface area contributed by atoms with Gasteiger partial charge in [-0.1, -0.05) is 73.4 Å². The van der Waals surface area contributed by atoms with E-state index in [4.69, 9.17) is 0 Å². The molecule has 4 rings (SSSR count). The van der Waals surface area contributed by atoms with E-state index in [2.05, 4.69) is 33.6 Å². The monoisotopic (exact) mass is 522 g/mol. The second kappa shape index (κ2) is 14.6. The van der Waals surface area contributed by atoms with Crippen molar-refractivity contribution in [1.82, 2.24) is 9.38 Å². The molecule has 0 amide bonds. The highest BCUT2D eigenvalue weighted by atomic mass is 16.1. The van der Waals surface area contributed by atoms with Gasteiger partial charge < -0.3 is 10.7 Å². The molecule has 202 valence electrons. The summed E-state index contributed by atoms with van der Waals surface area (Å²) in [5.41, 5.74) is 10.2. The van der Waals surface area contributed by atoms with Crippen LogP contribution in [0.5, 0.6) is 0 Å². The Morgan fingerprint density at radius 3 is 2.41 bits per heavy atom. The number of nitrogens with one attached hydrogen (secondary N) is 1. The number of azo groups is 1. The first-order chi connectivity index (χ1) is 19.0. The third-order valence-corrected chi connectivity index (χ3v) is 6.58. The molecule has 0 aliphatic heterocycles. The zero-order chi connectivity index (χ0) is 28.2. The number of nitrogens with two attached hydrogens (primary N) is 1. The molecule has 4 aromatic rings. The molecule has 0 bridgehead atoms. The van der Waals surface area contributed by atoms with Gasteiger partial charge in [0.25, 0.3) is 5.56 Å². The Balaban J connectivity index is 0.00000205. The number of allylic oxidation sites excluding steroid dienone is 1. The smallest absolute Gasteiger partial charge is 0.259 e. The van der Waals surface area contributed by atoms with Crippen molar-refractivity contribution in [3.63, 3.8) is 0 Å². The molecule has 0 saturated carbocycles. The second-order valence-corrected chi connectivity index (χ2v) is 9.45. The van der Waals surface area contributed by atoms with Crippen molar-refractivity contribution in [3.8, 4) is 17.2 Å². The van der Waals surface area contributed by atoms with Gasteiger partial charge in [0, 0.05) is 17.3 Å². The standard InChI is InChI=1S/C31H33N5O.CH5N/c1-4-5-6-7-8-9-13-16-25-20-28(37)36-30(33-25)26(21-32)29(24-14-11-10-12-15-24)31(36)35-34-27-18-17-22(2)19-23(27)3;1-2/h4,10-12,14-15,17-20,33H,1,5-9,13,16H2,2-3H3;2H2,1H3. The van der Waals surface area contributed by atoms with Gasteiger partial charge in [0.1, 0.15) is 17.3 Å². The molecule has 2 aromatic carbocycles. The topological polar surface area (TPSA) is 112 Å². The van der Waals surface area contributed by atoms with Crippen LogP contribution in [0, 0.1) is 25.2 Å². The van der Waals surface area contributed by atoms with Crippen LogP contribution >= 0.6 is 0 Å². The first-order valence-corrected chi connectivity index (χ1v) is 13.5. The van der Waals surface area contributed by atoms with Gasteiger partial charge in [-0.15, -0.1) is 16.8 Å². The number of nitriles is 1. The summed E-state index contributed by atoms with van der Waals surface area (Å²) >= 11 is 0. The zero-order valence-electron chi connectivity index (χ0n) is 23.2. The Bertz CT molecular complexity index is 1520. The summed E-state index contributed by atoms with van der Waals surface area (Å²) in [5.74, 6) is 0.354. The largest absolute Gasteiger partial charge is 0.343 e. The average molecular weight is 523 g/mol. The van der Waals surface area contributed by atoms with E-state index >= 15 is 0 Å². The summed E-state index contributed by atoms with van der Waals surface area (Å²) in [6.45, 7) is 7.78. The molecule has 0 radical (unpaired) electrons. The highest BCUT2D eigenvalue weighted by molar-refractivity contribution is 5.87. The van der Waals surface area contributed by atoms with Crippen molar-refractivity contribution in [2.75, 3.05) is 7.05 Å². The van der Waals surface area contributed by atoms with E-state index in [-0.39, 0.29) is 5.56 Å². The van der Waals surface area contributed by atoms with Crippen LogP contribution in [-0.4, -0.2) is 16.4 Å². The predicted molar refractivity (Wildman–Crippen MR) is 160 cm³/mol. The Morgan fingerprint density at radius 1 is 1.00 bits per heavy atom. The molecule has 0 aliphatic rings. The number of nitrogens with zero attached hydrogens (tertiary/aromatic N) is 4. The lowest BCUT2D eigenvalue weighted by Gasteiger charge is -2.05. The molecule has 0 fully saturated rings. The van der Waals surface area contributed by atoms with Crippen molar-refractivity contribution in [2.24, 2.45) is 16.0 Å². The molecule has 0 unspecified atom stereocenters. The second-order valence-electron chi connectivity index (χ2n) is 9.45. The van der Waals surface area contributed by atoms with Crippen molar-refractivity contribution >= 4 is 17.2 Å². The molecule has 0 spiro atoms. The highest BCUT2D eigenvalue weighted by Crippen LogP contribution is 2.38. The van der Waals surface area contributed by atoms with E-state index in [0.29, 0.717) is 22.6 Å². The van der Waals surface area contributed by atoms with Crippen molar-refractivity contribution in [1.29, 1.82) is 5.26 Å². The maximum Gasteiger partial charge on any atom is 0.259 e. The number of aromatic nitrogens is 2. The quantitative estimate of drug-likeness (QED) is 0.119. The van der Waals surface area contributed by atoms with E-state index in [9.17, 15) is 10.1 Å². The summed E-state index contributed by atoms with van der Waals surface area (Å²) in [6, 6.07) is 19.5. The molecular formula is C32H38N6O. The first-order valence-electron chi connectivity index (χ1n) is 13.5. The number of benzene rings is 2. The van der Waals surface area contributed by atoms with Crippen molar-refractivity contribution < 1.29 is 0 Å². The Morgan fingerprint density at radius 2 is 1.72 bits per heavy atom. The highest BCUT2D eigenvalue weighted by Gasteiger charge is 2.22. The molecule has 0 aliphatic carbocycles. The van der Waals surface area contributed by atoms with Crippen LogP contribution in [0.4, 0.5) is 11.5 Å². The molecule has 3 N–H and O–H groups in total. The third kappa shape index (κ3) is 7.18. The van der Waals surface area contributed by atoms with Crippen LogP contribution in [0.3, 0.4) is 0 Å². The summed E-state index contributed by atoms with van der Waals surface area (Å²) in [4.78, 5) is 16.8. The fraction of sp³-hybridized carbons (Fsp3) is 0.312. The van der Waals surface area contributed by atoms with Gasteiger partial charge in [-0.2, -0.15) is 5.26 Å². The number of hydrogen-bond acceptors (Lipinski definition) is 5. The van der Waals surface area contributed by atoms with Crippen LogP contribution in [0.25, 0.3) is 16.8 Å². The third-order valence-electron chi connectivity index (χ3n) is 6.58. The summed E-state index contributed by atoms with van der Waals surface area (Å²) in [7, 11) is 1.50. The minimum atomic E-state index is -0.219. The Labute approximate surface area is 230 Å². The normalized spacial score (nSPS) is 10.8. The zero-order valence-corrected chi connectivity index (χ0v) is 23.2. The van der Waals surface area contributed by atoms with E-state index in [1.165, 1.54) is 24.3 Å². The molecule has 2 aromatic heterocycles. The minimum absolute atomic E-state index is 0.219. The number of hydrogen-bond donors (Lipinski definition) is 2. The van der Waals surface area contributed by atoms with Gasteiger partial charge >= 0.3 is 0 Å². The Hall–Kier alpha value is -4.28. The van der Waals surface area contributed by atoms with Crippen LogP contribution in [0.1, 0.15) is 60.9 Å². The number of unbranched alkanes of at least 4 members (excludes halogenated alkanes) is 5. The lowest BCUT2D eigenvalue weighted by Crippen LogP contribution is -2.14. The first kappa shape index (κ1) is 29.3. The summed E-state index contributed by atoms with van der Waals surface area (Å²) in [5, 5.41) is 19.2. The van der Waals surface area contributed by atoms with Gasteiger partial charge in [0.05, 0.1) is 5.69 Å². The minimum Gasteiger partial charge on any atom is -0.343 e. The SMILES string of the molecule is C=CCCCCCCCc1cc(=O)n2c(N=Nc3ccc(C)cc3C)c(-c3ccccc3)c(C#N)c2[nH]1.CN. The van der Waals surface area contributed by atoms with Crippen molar-refractivity contribution in [2.45, 2.75) is 58.8 Å². The fourth-order valence-electron chi connectivity index (χ4n) is 4.66. The van der Waals surface area contributed by atoms with E-state index in [1.807, 2.05) is 68.5 Å². The maximum absolute atomic E-state index is 13.4. The number of aryl methyl sites for hydroxylation is 3. The van der Waals surface area contributed by atoms with Gasteiger partial charge in [-0.3, -0.25) is 4.79 Å². The molecule has 7 heteroatoms. The van der Waals surface area contributed by atoms with E-state index in [1.54, 1.807) is 6.07 Å². The summed E-state index contributed by atoms with van der Waals surface area (Å²) < 4.78 is 1.48. The van der Waals surface area contributed by atoms with Crippen LogP contribution < -0.4 is 11.3 Å². The number of fused-ring (bicyclic) bond motifs is 1. The molecule has 0 saturated heterocycles. The maximum atomic E-state index is 13.4. The number of rotatable bonds is 11.